The Morgan fingerprint density at radius 1 is 1.00 bits per heavy atom. The largest absolute Gasteiger partial charge is 0.0837 e. The van der Waals surface area contributed by atoms with Gasteiger partial charge in [-0.05, 0) is 35.6 Å². The second kappa shape index (κ2) is 4.93. The first kappa shape index (κ1) is 12.2. The normalized spacial score (nSPS) is 10.9. The van der Waals surface area contributed by atoms with Gasteiger partial charge in [-0.15, -0.1) is 0 Å². The van der Waals surface area contributed by atoms with Crippen LogP contribution in [0.3, 0.4) is 0 Å². The third kappa shape index (κ3) is 2.53. The van der Waals surface area contributed by atoms with E-state index >= 15 is 0 Å². The Hall–Kier alpha value is -1.27. The lowest BCUT2D eigenvalue weighted by Crippen LogP contribution is -1.90. The molecule has 0 heterocycles. The third-order valence-electron chi connectivity index (χ3n) is 3.06. The van der Waals surface area contributed by atoms with E-state index in [1.165, 1.54) is 16.7 Å². The standard InChI is InChI=1S/C16H17Cl/c1-11(2)13-7-5-8-14(10-13)16-12(3)6-4-9-15(16)17/h4-11H,1-3H3. The Bertz CT molecular complexity index is 507. The Kier molecular flexibility index (Phi) is 3.54. The summed E-state index contributed by atoms with van der Waals surface area (Å²) in [6.07, 6.45) is 0. The van der Waals surface area contributed by atoms with Gasteiger partial charge < -0.3 is 0 Å². The van der Waals surface area contributed by atoms with Gasteiger partial charge in [0.2, 0.25) is 0 Å². The molecule has 88 valence electrons. The van der Waals surface area contributed by atoms with E-state index in [2.05, 4.69) is 51.1 Å². The Balaban J connectivity index is 2.57. The van der Waals surface area contributed by atoms with Crippen LogP contribution in [0.1, 0.15) is 30.9 Å². The van der Waals surface area contributed by atoms with Crippen LogP contribution in [0.5, 0.6) is 0 Å². The summed E-state index contributed by atoms with van der Waals surface area (Å²) in [6, 6.07) is 14.7. The second-order valence-corrected chi connectivity index (χ2v) is 5.12. The molecular formula is C16H17Cl. The lowest BCUT2D eigenvalue weighted by Gasteiger charge is -2.11. The molecule has 0 amide bonds. The number of hydrogen-bond donors (Lipinski definition) is 0. The molecule has 1 heteroatoms. The van der Waals surface area contributed by atoms with Crippen LogP contribution in [-0.2, 0) is 0 Å². The molecule has 0 atom stereocenters. The lowest BCUT2D eigenvalue weighted by molar-refractivity contribution is 0.867. The van der Waals surface area contributed by atoms with Gasteiger partial charge in [0.15, 0.2) is 0 Å². The van der Waals surface area contributed by atoms with Crippen LogP contribution in [0, 0.1) is 6.92 Å². The molecule has 0 saturated heterocycles. The van der Waals surface area contributed by atoms with Gasteiger partial charge >= 0.3 is 0 Å². The summed E-state index contributed by atoms with van der Waals surface area (Å²) >= 11 is 6.30. The summed E-state index contributed by atoms with van der Waals surface area (Å²) in [7, 11) is 0. The Morgan fingerprint density at radius 3 is 2.35 bits per heavy atom. The average molecular weight is 245 g/mol. The summed E-state index contributed by atoms with van der Waals surface area (Å²) in [4.78, 5) is 0. The number of aryl methyl sites for hydroxylation is 1. The van der Waals surface area contributed by atoms with Crippen LogP contribution in [0.15, 0.2) is 42.5 Å². The van der Waals surface area contributed by atoms with Crippen molar-refractivity contribution >= 4 is 11.6 Å². The van der Waals surface area contributed by atoms with Gasteiger partial charge in [0.05, 0.1) is 0 Å². The fourth-order valence-corrected chi connectivity index (χ4v) is 2.38. The molecule has 0 aliphatic rings. The summed E-state index contributed by atoms with van der Waals surface area (Å²) in [6.45, 7) is 6.51. The van der Waals surface area contributed by atoms with Gasteiger partial charge in [-0.25, -0.2) is 0 Å². The molecule has 0 radical (unpaired) electrons. The average Bonchev–Trinajstić information content (AvgIpc) is 2.29. The van der Waals surface area contributed by atoms with Crippen LogP contribution < -0.4 is 0 Å². The summed E-state index contributed by atoms with van der Waals surface area (Å²) in [5.41, 5.74) is 4.93. The van der Waals surface area contributed by atoms with E-state index in [4.69, 9.17) is 11.6 Å². The molecule has 0 unspecified atom stereocenters. The fourth-order valence-electron chi connectivity index (χ4n) is 2.05. The number of rotatable bonds is 2. The zero-order chi connectivity index (χ0) is 12.4. The smallest absolute Gasteiger partial charge is 0.0487 e. The third-order valence-corrected chi connectivity index (χ3v) is 3.38. The summed E-state index contributed by atoms with van der Waals surface area (Å²) in [5.74, 6) is 0.540. The van der Waals surface area contributed by atoms with Gasteiger partial charge in [0.25, 0.3) is 0 Å². The van der Waals surface area contributed by atoms with Crippen LogP contribution in [0.2, 0.25) is 5.02 Å². The van der Waals surface area contributed by atoms with E-state index in [0.717, 1.165) is 10.6 Å². The van der Waals surface area contributed by atoms with Gasteiger partial charge in [-0.1, -0.05) is 61.8 Å². The minimum Gasteiger partial charge on any atom is -0.0837 e. The van der Waals surface area contributed by atoms with Crippen molar-refractivity contribution in [2.45, 2.75) is 26.7 Å². The maximum Gasteiger partial charge on any atom is 0.0487 e. The molecule has 17 heavy (non-hydrogen) atoms. The molecule has 0 fully saturated rings. The van der Waals surface area contributed by atoms with Crippen molar-refractivity contribution in [2.75, 3.05) is 0 Å². The van der Waals surface area contributed by atoms with E-state index in [9.17, 15) is 0 Å². The van der Waals surface area contributed by atoms with Crippen molar-refractivity contribution in [1.29, 1.82) is 0 Å². The summed E-state index contributed by atoms with van der Waals surface area (Å²) < 4.78 is 0. The van der Waals surface area contributed by atoms with E-state index in [1.807, 2.05) is 12.1 Å². The van der Waals surface area contributed by atoms with Gasteiger partial charge in [0, 0.05) is 10.6 Å². The Morgan fingerprint density at radius 2 is 1.71 bits per heavy atom. The fraction of sp³-hybridized carbons (Fsp3) is 0.250. The van der Waals surface area contributed by atoms with Gasteiger partial charge in [-0.3, -0.25) is 0 Å². The molecular weight excluding hydrogens is 228 g/mol. The maximum absolute atomic E-state index is 6.30. The van der Waals surface area contributed by atoms with E-state index in [1.54, 1.807) is 0 Å². The number of hydrogen-bond acceptors (Lipinski definition) is 0. The molecule has 0 aliphatic heterocycles. The highest BCUT2D eigenvalue weighted by Crippen LogP contribution is 2.32. The minimum absolute atomic E-state index is 0.540. The molecule has 2 aromatic carbocycles. The Labute approximate surface area is 108 Å². The quantitative estimate of drug-likeness (QED) is 0.660. The van der Waals surface area contributed by atoms with Crippen molar-refractivity contribution in [2.24, 2.45) is 0 Å². The molecule has 0 aromatic heterocycles. The highest BCUT2D eigenvalue weighted by Gasteiger charge is 2.08. The van der Waals surface area contributed by atoms with Crippen LogP contribution in [0.4, 0.5) is 0 Å². The first-order valence-corrected chi connectivity index (χ1v) is 6.33. The molecule has 0 saturated carbocycles. The molecule has 2 aromatic rings. The monoisotopic (exact) mass is 244 g/mol. The highest BCUT2D eigenvalue weighted by molar-refractivity contribution is 6.33. The topological polar surface area (TPSA) is 0 Å². The molecule has 0 spiro atoms. The van der Waals surface area contributed by atoms with Crippen molar-refractivity contribution < 1.29 is 0 Å². The van der Waals surface area contributed by atoms with Crippen LogP contribution in [0.25, 0.3) is 11.1 Å². The highest BCUT2D eigenvalue weighted by atomic mass is 35.5. The first-order chi connectivity index (χ1) is 8.09. The van der Waals surface area contributed by atoms with E-state index in [-0.39, 0.29) is 0 Å². The van der Waals surface area contributed by atoms with Crippen LogP contribution in [-0.4, -0.2) is 0 Å². The molecule has 0 nitrogen and oxygen atoms in total. The van der Waals surface area contributed by atoms with Crippen molar-refractivity contribution in [3.63, 3.8) is 0 Å². The summed E-state index contributed by atoms with van der Waals surface area (Å²) in [5, 5.41) is 0.825. The molecule has 2 rings (SSSR count). The predicted molar refractivity (Wildman–Crippen MR) is 75.7 cm³/mol. The van der Waals surface area contributed by atoms with Crippen molar-refractivity contribution in [3.05, 3.63) is 58.6 Å². The SMILES string of the molecule is Cc1cccc(Cl)c1-c1cccc(C(C)C)c1. The van der Waals surface area contributed by atoms with Crippen molar-refractivity contribution in [1.82, 2.24) is 0 Å². The zero-order valence-corrected chi connectivity index (χ0v) is 11.3. The number of benzene rings is 2. The molecule has 0 bridgehead atoms. The predicted octanol–water partition coefficient (Wildman–Crippen LogP) is 5.44. The molecule has 0 aliphatic carbocycles. The van der Waals surface area contributed by atoms with Gasteiger partial charge in [0.1, 0.15) is 0 Å². The molecule has 0 N–H and O–H groups in total. The number of halogens is 1. The van der Waals surface area contributed by atoms with E-state index < -0.39 is 0 Å². The first-order valence-electron chi connectivity index (χ1n) is 5.95. The van der Waals surface area contributed by atoms with E-state index in [0.29, 0.717) is 5.92 Å². The van der Waals surface area contributed by atoms with Crippen molar-refractivity contribution in [3.8, 4) is 11.1 Å². The lowest BCUT2D eigenvalue weighted by atomic mass is 9.95. The zero-order valence-electron chi connectivity index (χ0n) is 10.5. The minimum atomic E-state index is 0.540. The van der Waals surface area contributed by atoms with Crippen LogP contribution >= 0.6 is 11.6 Å². The van der Waals surface area contributed by atoms with Gasteiger partial charge in [-0.2, -0.15) is 0 Å². The second-order valence-electron chi connectivity index (χ2n) is 4.71. The maximum atomic E-state index is 6.30.